The number of hydrogen-bond donors (Lipinski definition) is 1. The van der Waals surface area contributed by atoms with Gasteiger partial charge in [-0.25, -0.2) is 4.98 Å². The first-order chi connectivity index (χ1) is 9.96. The van der Waals surface area contributed by atoms with Crippen LogP contribution in [0.4, 0.5) is 5.13 Å². The largest absolute Gasteiger partial charge is 0.378 e. The quantitative estimate of drug-likeness (QED) is 0.873. The molecule has 1 aliphatic carbocycles. The van der Waals surface area contributed by atoms with Gasteiger partial charge >= 0.3 is 0 Å². The zero-order valence-electron chi connectivity index (χ0n) is 14.0. The Hall–Kier alpha value is -0.650. The number of ether oxygens (including phenoxy) is 1. The lowest BCUT2D eigenvalue weighted by molar-refractivity contribution is 0.181. The van der Waals surface area contributed by atoms with Gasteiger partial charge in [0.15, 0.2) is 5.13 Å². The summed E-state index contributed by atoms with van der Waals surface area (Å²) < 4.78 is 5.28. The van der Waals surface area contributed by atoms with Gasteiger partial charge < -0.3 is 15.0 Å². The molecule has 1 heterocycles. The molecule has 2 rings (SSSR count). The van der Waals surface area contributed by atoms with Gasteiger partial charge in [0.25, 0.3) is 0 Å². The summed E-state index contributed by atoms with van der Waals surface area (Å²) in [4.78, 5) is 8.49. The van der Waals surface area contributed by atoms with Gasteiger partial charge in [0.1, 0.15) is 0 Å². The molecule has 4 nitrogen and oxygen atoms in total. The summed E-state index contributed by atoms with van der Waals surface area (Å²) in [5, 5.41) is 4.36. The Morgan fingerprint density at radius 1 is 1.38 bits per heavy atom. The lowest BCUT2D eigenvalue weighted by Crippen LogP contribution is -2.37. The van der Waals surface area contributed by atoms with Crippen molar-refractivity contribution in [2.75, 3.05) is 26.1 Å². The molecule has 0 unspecified atom stereocenters. The Morgan fingerprint density at radius 3 is 2.62 bits per heavy atom. The fourth-order valence-corrected chi connectivity index (χ4v) is 4.10. The van der Waals surface area contributed by atoms with E-state index < -0.39 is 0 Å². The molecule has 0 saturated heterocycles. The normalized spacial score (nSPS) is 18.9. The molecule has 1 saturated carbocycles. The van der Waals surface area contributed by atoms with Gasteiger partial charge in [0.2, 0.25) is 0 Å². The molecule has 0 spiro atoms. The van der Waals surface area contributed by atoms with Crippen LogP contribution in [-0.4, -0.2) is 32.2 Å². The standard InChI is InChI=1S/C16H29N3OS/c1-16(2)8-6-12(7-9-16)19(4)15-18-13(11-20-5)14(21-15)10-17-3/h12,17H,6-11H2,1-5H3. The fourth-order valence-electron chi connectivity index (χ4n) is 3.00. The molecule has 0 amide bonds. The van der Waals surface area contributed by atoms with Gasteiger partial charge in [-0.1, -0.05) is 13.8 Å². The zero-order chi connectivity index (χ0) is 15.5. The maximum Gasteiger partial charge on any atom is 0.185 e. The van der Waals surface area contributed by atoms with Crippen LogP contribution in [0.25, 0.3) is 0 Å². The highest BCUT2D eigenvalue weighted by Crippen LogP contribution is 2.38. The monoisotopic (exact) mass is 311 g/mol. The van der Waals surface area contributed by atoms with Crippen LogP contribution in [0.3, 0.4) is 0 Å². The van der Waals surface area contributed by atoms with Gasteiger partial charge in [0, 0.05) is 31.6 Å². The number of methoxy groups -OCH3 is 1. The van der Waals surface area contributed by atoms with E-state index in [0.717, 1.165) is 17.4 Å². The lowest BCUT2D eigenvalue weighted by atomic mass is 9.75. The topological polar surface area (TPSA) is 37.4 Å². The molecular formula is C16H29N3OS. The molecule has 1 aliphatic rings. The van der Waals surface area contributed by atoms with Crippen LogP contribution in [0.2, 0.25) is 0 Å². The first-order valence-electron chi connectivity index (χ1n) is 7.82. The molecule has 1 aromatic heterocycles. The van der Waals surface area contributed by atoms with Crippen LogP contribution in [0.1, 0.15) is 50.1 Å². The number of anilines is 1. The molecule has 0 aliphatic heterocycles. The summed E-state index contributed by atoms with van der Waals surface area (Å²) in [6.45, 7) is 6.23. The maximum absolute atomic E-state index is 5.28. The number of aromatic nitrogens is 1. The number of rotatable bonds is 6. The van der Waals surface area contributed by atoms with Crippen molar-refractivity contribution in [1.82, 2.24) is 10.3 Å². The Bertz CT molecular complexity index is 425. The lowest BCUT2D eigenvalue weighted by Gasteiger charge is -2.38. The molecule has 1 N–H and O–H groups in total. The van der Waals surface area contributed by atoms with Crippen molar-refractivity contribution in [2.24, 2.45) is 5.41 Å². The van der Waals surface area contributed by atoms with Crippen LogP contribution < -0.4 is 10.2 Å². The van der Waals surface area contributed by atoms with Crippen LogP contribution in [0.5, 0.6) is 0 Å². The van der Waals surface area contributed by atoms with Gasteiger partial charge in [-0.2, -0.15) is 0 Å². The molecule has 1 aromatic rings. The second-order valence-corrected chi connectivity index (χ2v) is 7.90. The molecule has 0 aromatic carbocycles. The van der Waals surface area contributed by atoms with Crippen LogP contribution in [0, 0.1) is 5.41 Å². The summed E-state index contributed by atoms with van der Waals surface area (Å²) >= 11 is 1.80. The summed E-state index contributed by atoms with van der Waals surface area (Å²) in [6, 6.07) is 0.627. The van der Waals surface area contributed by atoms with Gasteiger partial charge in [-0.05, 0) is 38.1 Å². The second kappa shape index (κ2) is 7.07. The van der Waals surface area contributed by atoms with Crippen molar-refractivity contribution in [3.05, 3.63) is 10.6 Å². The van der Waals surface area contributed by atoms with Crippen molar-refractivity contribution in [3.63, 3.8) is 0 Å². The number of hydrogen-bond acceptors (Lipinski definition) is 5. The van der Waals surface area contributed by atoms with Crippen molar-refractivity contribution in [1.29, 1.82) is 0 Å². The second-order valence-electron chi connectivity index (χ2n) is 6.84. The van der Waals surface area contributed by atoms with E-state index in [2.05, 4.69) is 31.1 Å². The highest BCUT2D eigenvalue weighted by Gasteiger charge is 2.30. The smallest absolute Gasteiger partial charge is 0.185 e. The third-order valence-electron chi connectivity index (χ3n) is 4.54. The number of thiazole rings is 1. The van der Waals surface area contributed by atoms with E-state index in [0.29, 0.717) is 18.1 Å². The van der Waals surface area contributed by atoms with E-state index in [9.17, 15) is 0 Å². The SMILES string of the molecule is CNCc1sc(N(C)C2CCC(C)(C)CC2)nc1COC. The highest BCUT2D eigenvalue weighted by molar-refractivity contribution is 7.15. The minimum atomic E-state index is 0.513. The Kier molecular flexibility index (Phi) is 5.63. The summed E-state index contributed by atoms with van der Waals surface area (Å²) in [5.74, 6) is 0. The zero-order valence-corrected chi connectivity index (χ0v) is 14.8. The molecule has 21 heavy (non-hydrogen) atoms. The minimum Gasteiger partial charge on any atom is -0.378 e. The van der Waals surface area contributed by atoms with Crippen molar-refractivity contribution in [2.45, 2.75) is 58.7 Å². The van der Waals surface area contributed by atoms with E-state index in [4.69, 9.17) is 9.72 Å². The Morgan fingerprint density at radius 2 is 2.05 bits per heavy atom. The molecule has 120 valence electrons. The third kappa shape index (κ3) is 4.18. The van der Waals surface area contributed by atoms with Crippen LogP contribution in [-0.2, 0) is 17.9 Å². The van der Waals surface area contributed by atoms with Gasteiger partial charge in [0.05, 0.1) is 12.3 Å². The van der Waals surface area contributed by atoms with Crippen molar-refractivity contribution < 1.29 is 4.74 Å². The molecular weight excluding hydrogens is 282 g/mol. The molecule has 1 fully saturated rings. The molecule has 0 bridgehead atoms. The van der Waals surface area contributed by atoms with Gasteiger partial charge in [-0.15, -0.1) is 11.3 Å². The average Bonchev–Trinajstić information content (AvgIpc) is 2.82. The predicted molar refractivity (Wildman–Crippen MR) is 90.0 cm³/mol. The Balaban J connectivity index is 2.08. The van der Waals surface area contributed by atoms with Gasteiger partial charge in [-0.3, -0.25) is 0 Å². The van der Waals surface area contributed by atoms with E-state index >= 15 is 0 Å². The van der Waals surface area contributed by atoms with E-state index in [-0.39, 0.29) is 0 Å². The first kappa shape index (κ1) is 16.7. The summed E-state index contributed by atoms with van der Waals surface area (Å²) in [7, 11) is 5.90. The van der Waals surface area contributed by atoms with Crippen LogP contribution >= 0.6 is 11.3 Å². The predicted octanol–water partition coefficient (Wildman–Crippen LogP) is 3.41. The summed E-state index contributed by atoms with van der Waals surface area (Å²) in [6.07, 6.45) is 5.15. The van der Waals surface area contributed by atoms with E-state index in [1.165, 1.54) is 30.6 Å². The summed E-state index contributed by atoms with van der Waals surface area (Å²) in [5.41, 5.74) is 1.59. The van der Waals surface area contributed by atoms with E-state index in [1.807, 2.05) is 7.05 Å². The number of nitrogens with zero attached hydrogens (tertiary/aromatic N) is 2. The highest BCUT2D eigenvalue weighted by atomic mass is 32.1. The molecule has 0 radical (unpaired) electrons. The van der Waals surface area contributed by atoms with Crippen molar-refractivity contribution >= 4 is 16.5 Å². The third-order valence-corrected chi connectivity index (χ3v) is 5.73. The first-order valence-corrected chi connectivity index (χ1v) is 8.63. The van der Waals surface area contributed by atoms with Crippen LogP contribution in [0.15, 0.2) is 0 Å². The maximum atomic E-state index is 5.28. The molecule has 5 heteroatoms. The Labute approximate surface area is 132 Å². The van der Waals surface area contributed by atoms with Crippen molar-refractivity contribution in [3.8, 4) is 0 Å². The fraction of sp³-hybridized carbons (Fsp3) is 0.812. The number of nitrogens with one attached hydrogen (secondary N) is 1. The molecule has 0 atom stereocenters. The minimum absolute atomic E-state index is 0.513. The van der Waals surface area contributed by atoms with E-state index in [1.54, 1.807) is 18.4 Å². The average molecular weight is 311 g/mol.